The van der Waals surface area contributed by atoms with Gasteiger partial charge in [0.05, 0.1) is 0 Å². The zero-order chi connectivity index (χ0) is 14.0. The molecule has 2 rings (SSSR count). The molecule has 1 aliphatic heterocycles. The maximum atomic E-state index is 11.1. The van der Waals surface area contributed by atoms with Crippen molar-refractivity contribution in [1.82, 2.24) is 5.32 Å². The van der Waals surface area contributed by atoms with Crippen LogP contribution in [-0.2, 0) is 4.79 Å². The third-order valence-electron chi connectivity index (χ3n) is 3.16. The predicted molar refractivity (Wildman–Crippen MR) is 81.8 cm³/mol. The highest BCUT2D eigenvalue weighted by atomic mass is 35.5. The van der Waals surface area contributed by atoms with E-state index >= 15 is 0 Å². The minimum Gasteiger partial charge on any atom is -0.389 e. The second kappa shape index (κ2) is 5.75. The lowest BCUT2D eigenvalue weighted by atomic mass is 10.1. The fraction of sp³-hybridized carbons (Fsp3) is 0.385. The zero-order valence-electron chi connectivity index (χ0n) is 10.6. The van der Waals surface area contributed by atoms with Gasteiger partial charge in [-0.25, -0.2) is 0 Å². The Balaban J connectivity index is 2.19. The quantitative estimate of drug-likeness (QED) is 0.834. The Morgan fingerprint density at radius 1 is 1.58 bits per heavy atom. The van der Waals surface area contributed by atoms with Crippen LogP contribution in [0.3, 0.4) is 0 Å². The SMILES string of the molecule is CC(=O)NC1CCN(c2ccc(Cl)cc2C(N)=S)C1. The molecule has 0 radical (unpaired) electrons. The molecule has 6 heteroatoms. The van der Waals surface area contributed by atoms with Gasteiger partial charge < -0.3 is 16.0 Å². The minimum absolute atomic E-state index is 0.00229. The van der Waals surface area contributed by atoms with Crippen LogP contribution in [0.2, 0.25) is 5.02 Å². The van der Waals surface area contributed by atoms with Crippen molar-refractivity contribution in [2.75, 3.05) is 18.0 Å². The molecular formula is C13H16ClN3OS. The van der Waals surface area contributed by atoms with Crippen molar-refractivity contribution in [2.24, 2.45) is 5.73 Å². The molecule has 1 amide bonds. The van der Waals surface area contributed by atoms with Crippen LogP contribution in [0, 0.1) is 0 Å². The van der Waals surface area contributed by atoms with Gasteiger partial charge in [-0.2, -0.15) is 0 Å². The molecule has 1 atom stereocenters. The third-order valence-corrected chi connectivity index (χ3v) is 3.62. The van der Waals surface area contributed by atoms with Crippen LogP contribution in [-0.4, -0.2) is 30.0 Å². The smallest absolute Gasteiger partial charge is 0.217 e. The molecule has 1 aliphatic rings. The summed E-state index contributed by atoms with van der Waals surface area (Å²) in [5.74, 6) is -0.00229. The fourth-order valence-electron chi connectivity index (χ4n) is 2.37. The summed E-state index contributed by atoms with van der Waals surface area (Å²) in [5.41, 5.74) is 7.50. The maximum Gasteiger partial charge on any atom is 0.217 e. The number of halogens is 1. The van der Waals surface area contributed by atoms with Crippen molar-refractivity contribution in [2.45, 2.75) is 19.4 Å². The number of benzene rings is 1. The van der Waals surface area contributed by atoms with E-state index in [1.807, 2.05) is 12.1 Å². The Labute approximate surface area is 122 Å². The summed E-state index contributed by atoms with van der Waals surface area (Å²) in [4.78, 5) is 13.6. The molecule has 0 spiro atoms. The summed E-state index contributed by atoms with van der Waals surface area (Å²) in [6, 6.07) is 5.70. The standard InChI is InChI=1S/C13H16ClN3OS/c1-8(18)16-10-4-5-17(7-10)12-3-2-9(14)6-11(12)13(15)19/h2-3,6,10H,4-5,7H2,1H3,(H2,15,19)(H,16,18). The summed E-state index contributed by atoms with van der Waals surface area (Å²) in [6.45, 7) is 3.16. The molecule has 1 saturated heterocycles. The van der Waals surface area contributed by atoms with Crippen molar-refractivity contribution in [3.63, 3.8) is 0 Å². The molecule has 1 aromatic rings. The van der Waals surface area contributed by atoms with E-state index in [4.69, 9.17) is 29.6 Å². The van der Waals surface area contributed by atoms with E-state index in [9.17, 15) is 4.79 Å². The molecule has 19 heavy (non-hydrogen) atoms. The minimum atomic E-state index is -0.00229. The average molecular weight is 298 g/mol. The molecule has 1 fully saturated rings. The average Bonchev–Trinajstić information content (AvgIpc) is 2.76. The molecule has 4 nitrogen and oxygen atoms in total. The number of hydrogen-bond donors (Lipinski definition) is 2. The lowest BCUT2D eigenvalue weighted by Gasteiger charge is -2.22. The maximum absolute atomic E-state index is 11.1. The second-order valence-corrected chi connectivity index (χ2v) is 5.53. The molecule has 1 heterocycles. The largest absolute Gasteiger partial charge is 0.389 e. The molecule has 1 aromatic carbocycles. The third kappa shape index (κ3) is 3.36. The number of hydrogen-bond acceptors (Lipinski definition) is 3. The van der Waals surface area contributed by atoms with Crippen molar-refractivity contribution in [3.8, 4) is 0 Å². The van der Waals surface area contributed by atoms with Gasteiger partial charge in [0.1, 0.15) is 4.99 Å². The lowest BCUT2D eigenvalue weighted by Crippen LogP contribution is -2.35. The Kier molecular flexibility index (Phi) is 4.27. The summed E-state index contributed by atoms with van der Waals surface area (Å²) >= 11 is 11.0. The van der Waals surface area contributed by atoms with E-state index in [2.05, 4.69) is 10.2 Å². The number of anilines is 1. The van der Waals surface area contributed by atoms with Crippen LogP contribution in [0.15, 0.2) is 18.2 Å². The molecular weight excluding hydrogens is 282 g/mol. The zero-order valence-corrected chi connectivity index (χ0v) is 12.2. The van der Waals surface area contributed by atoms with Crippen LogP contribution < -0.4 is 16.0 Å². The van der Waals surface area contributed by atoms with E-state index in [-0.39, 0.29) is 11.9 Å². The monoisotopic (exact) mass is 297 g/mol. The summed E-state index contributed by atoms with van der Waals surface area (Å²) in [6.07, 6.45) is 0.916. The van der Waals surface area contributed by atoms with E-state index in [1.165, 1.54) is 6.92 Å². The van der Waals surface area contributed by atoms with Crippen molar-refractivity contribution in [1.29, 1.82) is 0 Å². The lowest BCUT2D eigenvalue weighted by molar-refractivity contribution is -0.119. The van der Waals surface area contributed by atoms with Crippen LogP contribution >= 0.6 is 23.8 Å². The highest BCUT2D eigenvalue weighted by molar-refractivity contribution is 7.80. The fourth-order valence-corrected chi connectivity index (χ4v) is 2.70. The topological polar surface area (TPSA) is 58.4 Å². The predicted octanol–water partition coefficient (Wildman–Crippen LogP) is 1.69. The summed E-state index contributed by atoms with van der Waals surface area (Å²) < 4.78 is 0. The molecule has 1 unspecified atom stereocenters. The molecule has 0 bridgehead atoms. The first-order chi connectivity index (χ1) is 8.97. The van der Waals surface area contributed by atoms with Gasteiger partial charge in [0, 0.05) is 42.3 Å². The highest BCUT2D eigenvalue weighted by Gasteiger charge is 2.25. The molecule has 0 saturated carbocycles. The van der Waals surface area contributed by atoms with Gasteiger partial charge in [-0.1, -0.05) is 23.8 Å². The molecule has 0 aromatic heterocycles. The number of carbonyl (C=O) groups excluding carboxylic acids is 1. The Bertz CT molecular complexity index is 521. The van der Waals surface area contributed by atoms with Gasteiger partial charge in [-0.05, 0) is 24.6 Å². The van der Waals surface area contributed by atoms with Gasteiger partial charge in [0.15, 0.2) is 0 Å². The van der Waals surface area contributed by atoms with Crippen LogP contribution in [0.5, 0.6) is 0 Å². The van der Waals surface area contributed by atoms with Gasteiger partial charge in [-0.15, -0.1) is 0 Å². The first kappa shape index (κ1) is 14.1. The Morgan fingerprint density at radius 2 is 2.32 bits per heavy atom. The number of thiocarbonyl (C=S) groups is 1. The van der Waals surface area contributed by atoms with Crippen molar-refractivity contribution >= 4 is 40.4 Å². The highest BCUT2D eigenvalue weighted by Crippen LogP contribution is 2.27. The number of nitrogens with one attached hydrogen (secondary N) is 1. The molecule has 102 valence electrons. The number of nitrogens with zero attached hydrogens (tertiary/aromatic N) is 1. The Hall–Kier alpha value is -1.33. The van der Waals surface area contributed by atoms with E-state index in [0.29, 0.717) is 10.0 Å². The van der Waals surface area contributed by atoms with Crippen molar-refractivity contribution in [3.05, 3.63) is 28.8 Å². The first-order valence-corrected chi connectivity index (χ1v) is 6.87. The summed E-state index contributed by atoms with van der Waals surface area (Å²) in [5, 5.41) is 3.55. The van der Waals surface area contributed by atoms with Gasteiger partial charge in [0.25, 0.3) is 0 Å². The van der Waals surface area contributed by atoms with Gasteiger partial charge in [-0.3, -0.25) is 4.79 Å². The normalized spacial score (nSPS) is 18.4. The molecule has 3 N–H and O–H groups in total. The van der Waals surface area contributed by atoms with E-state index in [0.717, 1.165) is 30.8 Å². The first-order valence-electron chi connectivity index (χ1n) is 6.09. The van der Waals surface area contributed by atoms with Crippen molar-refractivity contribution < 1.29 is 4.79 Å². The number of amides is 1. The van der Waals surface area contributed by atoms with Crippen LogP contribution in [0.4, 0.5) is 5.69 Å². The van der Waals surface area contributed by atoms with Gasteiger partial charge in [0.2, 0.25) is 5.91 Å². The second-order valence-electron chi connectivity index (χ2n) is 4.66. The molecule has 0 aliphatic carbocycles. The van der Waals surface area contributed by atoms with E-state index in [1.54, 1.807) is 6.07 Å². The number of rotatable bonds is 3. The Morgan fingerprint density at radius 3 is 2.95 bits per heavy atom. The van der Waals surface area contributed by atoms with Crippen LogP contribution in [0.1, 0.15) is 18.9 Å². The number of nitrogens with two attached hydrogens (primary N) is 1. The van der Waals surface area contributed by atoms with Crippen LogP contribution in [0.25, 0.3) is 0 Å². The summed E-state index contributed by atoms with van der Waals surface area (Å²) in [7, 11) is 0. The number of carbonyl (C=O) groups is 1. The van der Waals surface area contributed by atoms with E-state index < -0.39 is 0 Å². The van der Waals surface area contributed by atoms with Gasteiger partial charge >= 0.3 is 0 Å².